The summed E-state index contributed by atoms with van der Waals surface area (Å²) in [4.78, 5) is 9.44. The highest BCUT2D eigenvalue weighted by molar-refractivity contribution is 7.97. The van der Waals surface area contributed by atoms with E-state index in [4.69, 9.17) is 4.74 Å². The zero-order valence-electron chi connectivity index (χ0n) is 27.3. The summed E-state index contributed by atoms with van der Waals surface area (Å²) in [6.45, 7) is 8.72. The molecule has 0 saturated heterocycles. The van der Waals surface area contributed by atoms with Gasteiger partial charge < -0.3 is 27.8 Å². The van der Waals surface area contributed by atoms with Gasteiger partial charge in [0.15, 0.2) is 0 Å². The molecule has 0 aromatic carbocycles. The Kier molecular flexibility index (Phi) is 77.5. The van der Waals surface area contributed by atoms with Crippen LogP contribution in [0.15, 0.2) is 0 Å². The number of hydrogen-bond donors (Lipinski definition) is 0. The first-order chi connectivity index (χ1) is 17.7. The van der Waals surface area contributed by atoms with Crippen molar-refractivity contribution in [2.75, 3.05) is 108 Å². The second kappa shape index (κ2) is 51.2. The van der Waals surface area contributed by atoms with Crippen LogP contribution in [0.2, 0.25) is 0 Å². The van der Waals surface area contributed by atoms with Gasteiger partial charge in [-0.2, -0.15) is 11.8 Å². The molecule has 18 heteroatoms. The Hall–Kier alpha value is 0.460. The third kappa shape index (κ3) is 168. The van der Waals surface area contributed by atoms with E-state index in [0.29, 0.717) is 0 Å². The molecular formula is C21H58O13P2S3. The van der Waals surface area contributed by atoms with Crippen LogP contribution in [0.1, 0.15) is 27.7 Å². The van der Waals surface area contributed by atoms with Crippen LogP contribution in [0.25, 0.3) is 0 Å². The summed E-state index contributed by atoms with van der Waals surface area (Å²) in [6.07, 6.45) is 9.68. The Labute approximate surface area is 248 Å². The molecule has 0 aliphatic heterocycles. The number of thioether (sulfide) groups is 1. The summed E-state index contributed by atoms with van der Waals surface area (Å²) in [5.41, 5.74) is 0. The minimum absolute atomic E-state index is 0.167. The van der Waals surface area contributed by atoms with Crippen molar-refractivity contribution in [1.29, 1.82) is 0 Å². The van der Waals surface area contributed by atoms with Crippen molar-refractivity contribution in [3.8, 4) is 0 Å². The monoisotopic (exact) mass is 676 g/mol. The number of carbonyl (C=O) groups is 1. The van der Waals surface area contributed by atoms with E-state index in [2.05, 4.69) is 31.9 Å². The van der Waals surface area contributed by atoms with E-state index in [9.17, 15) is 22.0 Å². The van der Waals surface area contributed by atoms with E-state index in [1.54, 1.807) is 59.8 Å². The number of ether oxygens (including phenoxy) is 2. The molecule has 0 rings (SSSR count). The van der Waals surface area contributed by atoms with Gasteiger partial charge in [-0.05, 0) is 40.2 Å². The lowest BCUT2D eigenvalue weighted by Crippen LogP contribution is -1.88. The van der Waals surface area contributed by atoms with Crippen molar-refractivity contribution in [2.24, 2.45) is 0 Å². The first-order valence-electron chi connectivity index (χ1n) is 10.7. The maximum absolute atomic E-state index is 10.7. The van der Waals surface area contributed by atoms with Crippen LogP contribution in [0.3, 0.4) is 0 Å². The number of hydrogen-bond acceptors (Lipinski definition) is 14. The molecule has 13 nitrogen and oxygen atoms in total. The summed E-state index contributed by atoms with van der Waals surface area (Å²) in [5, 5.41) is 0. The number of Topliss-reactive ketones (excluding diaryl/α,β-unsaturated/α-hetero) is 1. The Morgan fingerprint density at radius 1 is 0.795 bits per heavy atom. The molecule has 0 saturated carbocycles. The highest BCUT2D eigenvalue weighted by Gasteiger charge is 2.18. The van der Waals surface area contributed by atoms with Crippen LogP contribution in [0, 0.1) is 0 Å². The summed E-state index contributed by atoms with van der Waals surface area (Å²) in [5.74, 6) is 0.167. The maximum atomic E-state index is 10.7. The lowest BCUT2D eigenvalue weighted by atomic mass is 10.6. The van der Waals surface area contributed by atoms with Gasteiger partial charge in [0, 0.05) is 106 Å². The number of sulfone groups is 1. The molecule has 0 bridgehead atoms. The van der Waals surface area contributed by atoms with Crippen LogP contribution in [-0.4, -0.2) is 126 Å². The fraction of sp³-hybridized carbons (Fsp3) is 0.952. The molecule has 0 aliphatic carbocycles. The third-order valence-electron chi connectivity index (χ3n) is 1.53. The number of carbonyl (C=O) groups excluding carboxylic acids is 1. The number of ketones is 1. The van der Waals surface area contributed by atoms with E-state index in [-0.39, 0.29) is 5.78 Å². The smallest absolute Gasteiger partial charge is 0.388 e. The number of methoxy groups -OCH3 is 1. The summed E-state index contributed by atoms with van der Waals surface area (Å²) in [7, 11) is 4.15. The van der Waals surface area contributed by atoms with Crippen molar-refractivity contribution >= 4 is 54.6 Å². The van der Waals surface area contributed by atoms with E-state index in [1.807, 2.05) is 26.4 Å². The van der Waals surface area contributed by atoms with Gasteiger partial charge in [-0.3, -0.25) is 17.8 Å². The average molecular weight is 677 g/mol. The highest BCUT2D eigenvalue weighted by atomic mass is 32.2. The second-order valence-corrected chi connectivity index (χ2v) is 14.3. The largest absolute Gasteiger partial charge is 0.473 e. The minimum atomic E-state index is -3.16. The fourth-order valence-corrected chi connectivity index (χ4v) is 1.55. The van der Waals surface area contributed by atoms with Crippen molar-refractivity contribution < 1.29 is 58.6 Å². The average Bonchev–Trinajstić information content (AvgIpc) is 2.80. The van der Waals surface area contributed by atoms with Gasteiger partial charge in [0.05, 0.1) is 0 Å². The molecule has 0 unspecified atom stereocenters. The first kappa shape index (κ1) is 59.0. The molecule has 0 spiro atoms. The highest BCUT2D eigenvalue weighted by Crippen LogP contribution is 2.46. The van der Waals surface area contributed by atoms with Crippen LogP contribution >= 0.6 is 28.2 Å². The van der Waals surface area contributed by atoms with Crippen LogP contribution in [0.5, 0.6) is 0 Å². The van der Waals surface area contributed by atoms with Gasteiger partial charge in [0.2, 0.25) is 0 Å². The number of phosphoric acid groups is 1. The summed E-state index contributed by atoms with van der Waals surface area (Å²) < 4.78 is 75.6. The SMILES string of the molecule is CC(C)=O.CCOCC.COC.COP(=O)(OC)OC.COP(OC)OC.CS(C)(=O)=O.CS(C)=O.CSC. The normalized spacial score (nSPS) is 9.33. The van der Waals surface area contributed by atoms with Gasteiger partial charge >= 0.3 is 16.4 Å². The Bertz CT molecular complexity index is 537. The Morgan fingerprint density at radius 3 is 0.949 bits per heavy atom. The first-order valence-corrected chi connectivity index (χ1v) is 19.1. The Balaban J connectivity index is -0.0000000481. The zero-order chi connectivity index (χ0) is 33.5. The van der Waals surface area contributed by atoms with Gasteiger partial charge in [-0.15, -0.1) is 0 Å². The van der Waals surface area contributed by atoms with Crippen LogP contribution in [-0.2, 0) is 66.6 Å². The second-order valence-electron chi connectivity index (χ2n) is 6.16. The van der Waals surface area contributed by atoms with Crippen molar-refractivity contribution in [3.63, 3.8) is 0 Å². The minimum Gasteiger partial charge on any atom is -0.388 e. The van der Waals surface area contributed by atoms with Gasteiger partial charge in [-0.1, -0.05) is 0 Å². The molecule has 0 radical (unpaired) electrons. The molecule has 248 valence electrons. The lowest BCUT2D eigenvalue weighted by Gasteiger charge is -2.08. The van der Waals surface area contributed by atoms with Crippen molar-refractivity contribution in [3.05, 3.63) is 0 Å². The number of rotatable bonds is 8. The van der Waals surface area contributed by atoms with E-state index in [1.165, 1.54) is 35.2 Å². The van der Waals surface area contributed by atoms with E-state index in [0.717, 1.165) is 25.7 Å². The van der Waals surface area contributed by atoms with Crippen molar-refractivity contribution in [2.45, 2.75) is 27.7 Å². The molecular weight excluding hydrogens is 618 g/mol. The molecule has 0 aromatic heterocycles. The quantitative estimate of drug-likeness (QED) is 0.325. The van der Waals surface area contributed by atoms with Gasteiger partial charge in [0.1, 0.15) is 15.6 Å². The molecule has 0 aliphatic rings. The molecule has 0 N–H and O–H groups in total. The Morgan fingerprint density at radius 2 is 0.949 bits per heavy atom. The maximum Gasteiger partial charge on any atom is 0.473 e. The fourth-order valence-electron chi connectivity index (χ4n) is 0.651. The van der Waals surface area contributed by atoms with Crippen LogP contribution < -0.4 is 0 Å². The molecule has 0 aromatic rings. The summed E-state index contributed by atoms with van der Waals surface area (Å²) >= 11 is 1.75. The molecule has 0 heterocycles. The van der Waals surface area contributed by atoms with Crippen molar-refractivity contribution in [1.82, 2.24) is 0 Å². The van der Waals surface area contributed by atoms with Gasteiger partial charge in [-0.25, -0.2) is 13.0 Å². The molecule has 39 heavy (non-hydrogen) atoms. The predicted octanol–water partition coefficient (Wildman–Crippen LogP) is 4.72. The standard InChI is InChI=1S/C4H10O.C3H9O4P.C3H9O3P.C3H6O.C2H6O2S.C2H6OS.C2H6O.C2H6S/c1-3-5-4-2;1-5-8(4,6-2)7-3;1-4-7(5-2)6-3;1-3(2)4;1-5(2,3)4;1-4(2)3;2*1-3-2/h3-4H2,1-2H3;1-3H3;1-3H3;1-2H3;1-2H3;1-2H3;2*1-2H3. The predicted molar refractivity (Wildman–Crippen MR) is 168 cm³/mol. The van der Waals surface area contributed by atoms with E-state index < -0.39 is 37.1 Å². The van der Waals surface area contributed by atoms with Crippen LogP contribution in [0.4, 0.5) is 0 Å². The third-order valence-corrected chi connectivity index (χ3v) is 3.76. The topological polar surface area (TPSA) is 159 Å². The zero-order valence-corrected chi connectivity index (χ0v) is 31.6. The number of phosphoric ester groups is 1. The summed E-state index contributed by atoms with van der Waals surface area (Å²) in [6, 6.07) is 0. The van der Waals surface area contributed by atoms with E-state index >= 15 is 0 Å². The lowest BCUT2D eigenvalue weighted by molar-refractivity contribution is -0.115. The molecule has 0 fully saturated rings. The van der Waals surface area contributed by atoms with Gasteiger partial charge in [0.25, 0.3) is 0 Å². The molecule has 0 amide bonds. The molecule has 0 atom stereocenters.